The average molecular weight is 225 g/mol. The van der Waals surface area contributed by atoms with Crippen molar-refractivity contribution in [1.82, 2.24) is 14.9 Å². The van der Waals surface area contributed by atoms with Crippen LogP contribution in [0.15, 0.2) is 12.4 Å². The Morgan fingerprint density at radius 1 is 1.56 bits per heavy atom. The Labute approximate surface area is 98.0 Å². The van der Waals surface area contributed by atoms with E-state index in [-0.39, 0.29) is 0 Å². The van der Waals surface area contributed by atoms with Crippen molar-refractivity contribution in [3.05, 3.63) is 18.2 Å². The molecular formula is C12H23N3O. The predicted molar refractivity (Wildman–Crippen MR) is 65.5 cm³/mol. The summed E-state index contributed by atoms with van der Waals surface area (Å²) in [6.45, 7) is 3.91. The van der Waals surface area contributed by atoms with Crippen LogP contribution in [0.5, 0.6) is 0 Å². The normalized spacial score (nSPS) is 12.9. The molecule has 4 nitrogen and oxygen atoms in total. The lowest BCUT2D eigenvalue weighted by Crippen LogP contribution is -2.33. The van der Waals surface area contributed by atoms with Gasteiger partial charge in [-0.25, -0.2) is 4.98 Å². The first-order valence-electron chi connectivity index (χ1n) is 5.96. The molecule has 4 heteroatoms. The van der Waals surface area contributed by atoms with Gasteiger partial charge in [0.2, 0.25) is 0 Å². The SMILES string of the molecule is CCNC(CCCc1nccn1C)COC. The number of rotatable bonds is 8. The lowest BCUT2D eigenvalue weighted by Gasteiger charge is -2.16. The van der Waals surface area contributed by atoms with Crippen LogP contribution in [0.4, 0.5) is 0 Å². The Morgan fingerprint density at radius 3 is 2.94 bits per heavy atom. The molecule has 1 heterocycles. The van der Waals surface area contributed by atoms with Crippen molar-refractivity contribution in [2.45, 2.75) is 32.2 Å². The third kappa shape index (κ3) is 4.33. The molecule has 0 aliphatic heterocycles. The highest BCUT2D eigenvalue weighted by Crippen LogP contribution is 2.04. The van der Waals surface area contributed by atoms with Crippen LogP contribution in [0.1, 0.15) is 25.6 Å². The Morgan fingerprint density at radius 2 is 2.38 bits per heavy atom. The molecule has 0 saturated heterocycles. The van der Waals surface area contributed by atoms with Crippen molar-refractivity contribution in [2.75, 3.05) is 20.3 Å². The quantitative estimate of drug-likeness (QED) is 0.726. The number of imidazole rings is 1. The molecule has 16 heavy (non-hydrogen) atoms. The van der Waals surface area contributed by atoms with Crippen molar-refractivity contribution < 1.29 is 4.74 Å². The summed E-state index contributed by atoms with van der Waals surface area (Å²) in [7, 11) is 3.79. The van der Waals surface area contributed by atoms with Crippen LogP contribution in [0.25, 0.3) is 0 Å². The molecule has 0 spiro atoms. The van der Waals surface area contributed by atoms with Gasteiger partial charge in [0.1, 0.15) is 5.82 Å². The monoisotopic (exact) mass is 225 g/mol. The van der Waals surface area contributed by atoms with E-state index in [9.17, 15) is 0 Å². The Bertz CT molecular complexity index is 280. The maximum absolute atomic E-state index is 5.18. The lowest BCUT2D eigenvalue weighted by molar-refractivity contribution is 0.162. The van der Waals surface area contributed by atoms with E-state index in [1.165, 1.54) is 0 Å². The largest absolute Gasteiger partial charge is 0.383 e. The van der Waals surface area contributed by atoms with Crippen LogP contribution in [-0.2, 0) is 18.2 Å². The molecule has 1 aromatic rings. The Balaban J connectivity index is 2.24. The van der Waals surface area contributed by atoms with E-state index in [1.807, 2.05) is 19.4 Å². The average Bonchev–Trinajstić information content (AvgIpc) is 2.65. The molecular weight excluding hydrogens is 202 g/mol. The second-order valence-corrected chi connectivity index (χ2v) is 4.06. The maximum atomic E-state index is 5.18. The zero-order valence-corrected chi connectivity index (χ0v) is 10.6. The van der Waals surface area contributed by atoms with E-state index in [1.54, 1.807) is 7.11 Å². The van der Waals surface area contributed by atoms with Gasteiger partial charge in [0, 0.05) is 39.0 Å². The molecule has 0 aromatic carbocycles. The number of ether oxygens (including phenoxy) is 1. The standard InChI is InChI=1S/C12H23N3O/c1-4-13-11(10-16-3)6-5-7-12-14-8-9-15(12)2/h8-9,11,13H,4-7,10H2,1-3H3. The van der Waals surface area contributed by atoms with Crippen LogP contribution >= 0.6 is 0 Å². The van der Waals surface area contributed by atoms with Gasteiger partial charge in [-0.2, -0.15) is 0 Å². The number of aryl methyl sites for hydroxylation is 2. The fourth-order valence-corrected chi connectivity index (χ4v) is 1.88. The molecule has 0 aliphatic carbocycles. The fourth-order valence-electron chi connectivity index (χ4n) is 1.88. The van der Waals surface area contributed by atoms with Gasteiger partial charge in [-0.15, -0.1) is 0 Å². The lowest BCUT2D eigenvalue weighted by atomic mass is 10.1. The van der Waals surface area contributed by atoms with E-state index in [0.717, 1.165) is 38.2 Å². The minimum atomic E-state index is 0.468. The summed E-state index contributed by atoms with van der Waals surface area (Å²) >= 11 is 0. The van der Waals surface area contributed by atoms with Crippen LogP contribution in [-0.4, -0.2) is 35.9 Å². The maximum Gasteiger partial charge on any atom is 0.108 e. The van der Waals surface area contributed by atoms with Crippen molar-refractivity contribution in [1.29, 1.82) is 0 Å². The number of nitrogens with zero attached hydrogens (tertiary/aromatic N) is 2. The molecule has 1 N–H and O–H groups in total. The van der Waals surface area contributed by atoms with Crippen LogP contribution in [0.2, 0.25) is 0 Å². The topological polar surface area (TPSA) is 39.1 Å². The number of aromatic nitrogens is 2. The number of hydrogen-bond donors (Lipinski definition) is 1. The van der Waals surface area contributed by atoms with E-state index in [2.05, 4.69) is 21.8 Å². The molecule has 0 amide bonds. The van der Waals surface area contributed by atoms with Crippen LogP contribution in [0, 0.1) is 0 Å². The summed E-state index contributed by atoms with van der Waals surface area (Å²) in [6.07, 6.45) is 7.16. The van der Waals surface area contributed by atoms with E-state index >= 15 is 0 Å². The summed E-state index contributed by atoms with van der Waals surface area (Å²) in [5.41, 5.74) is 0. The minimum absolute atomic E-state index is 0.468. The number of methoxy groups -OCH3 is 1. The first kappa shape index (κ1) is 13.2. The number of likely N-dealkylation sites (N-methyl/N-ethyl adjacent to an activating group) is 1. The summed E-state index contributed by atoms with van der Waals surface area (Å²) in [5, 5.41) is 3.43. The second kappa shape index (κ2) is 7.41. The first-order chi connectivity index (χ1) is 7.77. The smallest absolute Gasteiger partial charge is 0.108 e. The summed E-state index contributed by atoms with van der Waals surface area (Å²) in [6, 6.07) is 0.468. The fraction of sp³-hybridized carbons (Fsp3) is 0.750. The van der Waals surface area contributed by atoms with E-state index < -0.39 is 0 Å². The van der Waals surface area contributed by atoms with Crippen LogP contribution < -0.4 is 5.32 Å². The van der Waals surface area contributed by atoms with Gasteiger partial charge in [0.05, 0.1) is 6.61 Å². The van der Waals surface area contributed by atoms with Gasteiger partial charge in [-0.05, 0) is 19.4 Å². The van der Waals surface area contributed by atoms with Gasteiger partial charge >= 0.3 is 0 Å². The number of nitrogens with one attached hydrogen (secondary N) is 1. The first-order valence-corrected chi connectivity index (χ1v) is 5.96. The molecule has 1 unspecified atom stereocenters. The zero-order chi connectivity index (χ0) is 11.8. The van der Waals surface area contributed by atoms with Gasteiger partial charge in [-0.3, -0.25) is 0 Å². The van der Waals surface area contributed by atoms with Gasteiger partial charge in [-0.1, -0.05) is 6.92 Å². The van der Waals surface area contributed by atoms with Crippen molar-refractivity contribution in [3.63, 3.8) is 0 Å². The van der Waals surface area contributed by atoms with Gasteiger partial charge in [0.25, 0.3) is 0 Å². The van der Waals surface area contributed by atoms with E-state index in [4.69, 9.17) is 4.74 Å². The highest BCUT2D eigenvalue weighted by molar-refractivity contribution is 4.91. The molecule has 0 bridgehead atoms. The summed E-state index contributed by atoms with van der Waals surface area (Å²) in [4.78, 5) is 4.32. The predicted octanol–water partition coefficient (Wildman–Crippen LogP) is 1.37. The van der Waals surface area contributed by atoms with Gasteiger partial charge < -0.3 is 14.6 Å². The molecule has 0 saturated carbocycles. The summed E-state index contributed by atoms with van der Waals surface area (Å²) < 4.78 is 7.27. The molecule has 1 atom stereocenters. The summed E-state index contributed by atoms with van der Waals surface area (Å²) in [5.74, 6) is 1.16. The minimum Gasteiger partial charge on any atom is -0.383 e. The third-order valence-electron chi connectivity index (χ3n) is 2.73. The third-order valence-corrected chi connectivity index (χ3v) is 2.73. The number of hydrogen-bond acceptors (Lipinski definition) is 3. The second-order valence-electron chi connectivity index (χ2n) is 4.06. The highest BCUT2D eigenvalue weighted by atomic mass is 16.5. The van der Waals surface area contributed by atoms with Crippen molar-refractivity contribution in [2.24, 2.45) is 7.05 Å². The van der Waals surface area contributed by atoms with E-state index in [0.29, 0.717) is 6.04 Å². The molecule has 1 rings (SSSR count). The molecule has 0 fully saturated rings. The molecule has 92 valence electrons. The van der Waals surface area contributed by atoms with Gasteiger partial charge in [0.15, 0.2) is 0 Å². The Kier molecular flexibility index (Phi) is 6.11. The zero-order valence-electron chi connectivity index (χ0n) is 10.6. The van der Waals surface area contributed by atoms with Crippen LogP contribution in [0.3, 0.4) is 0 Å². The van der Waals surface area contributed by atoms with Crippen molar-refractivity contribution in [3.8, 4) is 0 Å². The van der Waals surface area contributed by atoms with Crippen molar-refractivity contribution >= 4 is 0 Å². The molecule has 0 radical (unpaired) electrons. The highest BCUT2D eigenvalue weighted by Gasteiger charge is 2.07. The molecule has 0 aliphatic rings. The molecule has 1 aromatic heterocycles. The Hall–Kier alpha value is -0.870.